The Kier molecular flexibility index (Phi) is 8.42. The summed E-state index contributed by atoms with van der Waals surface area (Å²) in [6.45, 7) is 4.10. The zero-order chi connectivity index (χ0) is 25.3. The molecule has 182 valence electrons. The van der Waals surface area contributed by atoms with Crippen LogP contribution >= 0.6 is 11.8 Å². The normalized spacial score (nSPS) is 11.4. The number of amides is 3. The molecular formula is C30H29N3O2S. The molecular weight excluding hydrogens is 466 g/mol. The van der Waals surface area contributed by atoms with Crippen molar-refractivity contribution in [3.63, 3.8) is 0 Å². The summed E-state index contributed by atoms with van der Waals surface area (Å²) in [5.41, 5.74) is 5.36. The van der Waals surface area contributed by atoms with Crippen LogP contribution in [0.15, 0.2) is 108 Å². The number of nitrogens with one attached hydrogen (secondary N) is 3. The van der Waals surface area contributed by atoms with Crippen molar-refractivity contribution in [2.75, 3.05) is 16.0 Å². The summed E-state index contributed by atoms with van der Waals surface area (Å²) in [7, 11) is 0. The Hall–Kier alpha value is -4.03. The Morgan fingerprint density at radius 2 is 1.33 bits per heavy atom. The van der Waals surface area contributed by atoms with E-state index in [0.717, 1.165) is 39.4 Å². The van der Waals surface area contributed by atoms with Gasteiger partial charge in [-0.1, -0.05) is 73.7 Å². The van der Waals surface area contributed by atoms with Crippen LogP contribution in [-0.2, 0) is 11.2 Å². The lowest BCUT2D eigenvalue weighted by Gasteiger charge is -2.20. The van der Waals surface area contributed by atoms with E-state index in [9.17, 15) is 9.59 Å². The number of para-hydroxylation sites is 2. The summed E-state index contributed by atoms with van der Waals surface area (Å²) in [6, 6.07) is 32.3. The van der Waals surface area contributed by atoms with Crippen LogP contribution in [0.1, 0.15) is 28.9 Å². The third kappa shape index (κ3) is 6.55. The van der Waals surface area contributed by atoms with Crippen LogP contribution in [-0.4, -0.2) is 11.9 Å². The molecule has 0 aliphatic carbocycles. The van der Waals surface area contributed by atoms with Crippen LogP contribution in [0.25, 0.3) is 0 Å². The van der Waals surface area contributed by atoms with Gasteiger partial charge in [-0.05, 0) is 66.4 Å². The Bertz CT molecular complexity index is 1310. The first-order valence-electron chi connectivity index (χ1n) is 11.9. The van der Waals surface area contributed by atoms with Gasteiger partial charge in [0.25, 0.3) is 0 Å². The SMILES string of the molecule is CCc1cccc(C)c1NC(=O)[C@H](Sc1ccc(NC(=O)Nc2ccccc2)cc1)c1ccccc1. The number of anilines is 3. The first kappa shape index (κ1) is 25.1. The van der Waals surface area contributed by atoms with Crippen LogP contribution in [0.4, 0.5) is 21.9 Å². The van der Waals surface area contributed by atoms with Crippen LogP contribution in [0.3, 0.4) is 0 Å². The molecule has 0 aromatic heterocycles. The molecule has 0 unspecified atom stereocenters. The third-order valence-electron chi connectivity index (χ3n) is 5.73. The molecule has 0 spiro atoms. The molecule has 0 radical (unpaired) electrons. The van der Waals surface area contributed by atoms with Crippen molar-refractivity contribution >= 4 is 40.8 Å². The maximum Gasteiger partial charge on any atom is 0.323 e. The van der Waals surface area contributed by atoms with Crippen molar-refractivity contribution in [2.24, 2.45) is 0 Å². The maximum atomic E-state index is 13.5. The van der Waals surface area contributed by atoms with E-state index >= 15 is 0 Å². The molecule has 36 heavy (non-hydrogen) atoms. The summed E-state index contributed by atoms with van der Waals surface area (Å²) in [6.07, 6.45) is 0.840. The number of urea groups is 1. The fourth-order valence-electron chi connectivity index (χ4n) is 3.86. The number of carbonyl (C=O) groups is 2. The fourth-order valence-corrected chi connectivity index (χ4v) is 4.88. The van der Waals surface area contributed by atoms with Gasteiger partial charge in [0.1, 0.15) is 5.25 Å². The van der Waals surface area contributed by atoms with E-state index in [0.29, 0.717) is 5.69 Å². The Morgan fingerprint density at radius 1 is 0.722 bits per heavy atom. The Morgan fingerprint density at radius 3 is 1.97 bits per heavy atom. The van der Waals surface area contributed by atoms with Crippen LogP contribution in [0, 0.1) is 6.92 Å². The molecule has 3 amide bonds. The number of hydrogen-bond donors (Lipinski definition) is 3. The van der Waals surface area contributed by atoms with Gasteiger partial charge in [0.05, 0.1) is 0 Å². The Labute approximate surface area is 216 Å². The highest BCUT2D eigenvalue weighted by Crippen LogP contribution is 2.37. The Balaban J connectivity index is 1.48. The zero-order valence-corrected chi connectivity index (χ0v) is 21.1. The van der Waals surface area contributed by atoms with Crippen molar-refractivity contribution in [1.82, 2.24) is 0 Å². The van der Waals surface area contributed by atoms with Crippen molar-refractivity contribution in [3.8, 4) is 0 Å². The molecule has 4 aromatic carbocycles. The number of thioether (sulfide) groups is 1. The first-order valence-corrected chi connectivity index (χ1v) is 12.8. The number of aryl methyl sites for hydroxylation is 2. The van der Waals surface area contributed by atoms with Gasteiger partial charge in [0, 0.05) is 22.0 Å². The van der Waals surface area contributed by atoms with E-state index in [1.54, 1.807) is 0 Å². The molecule has 0 aliphatic rings. The van der Waals surface area contributed by atoms with Gasteiger partial charge in [-0.15, -0.1) is 11.8 Å². The number of rotatable bonds is 8. The molecule has 0 bridgehead atoms. The second-order valence-electron chi connectivity index (χ2n) is 8.33. The van der Waals surface area contributed by atoms with Gasteiger partial charge < -0.3 is 16.0 Å². The lowest BCUT2D eigenvalue weighted by molar-refractivity contribution is -0.115. The average Bonchev–Trinajstić information content (AvgIpc) is 2.90. The number of carbonyl (C=O) groups excluding carboxylic acids is 2. The summed E-state index contributed by atoms with van der Waals surface area (Å²) >= 11 is 1.48. The standard InChI is InChI=1S/C30H29N3O2S/c1-3-22-14-10-11-21(2)27(22)33-29(34)28(23-12-6-4-7-13-23)36-26-19-17-25(18-20-26)32-30(35)31-24-15-8-5-9-16-24/h4-20,28H,3H2,1-2H3,(H,33,34)(H2,31,32,35)/t28-/m1/s1. The topological polar surface area (TPSA) is 70.2 Å². The third-order valence-corrected chi connectivity index (χ3v) is 6.99. The highest BCUT2D eigenvalue weighted by Gasteiger charge is 2.23. The molecule has 3 N–H and O–H groups in total. The van der Waals surface area contributed by atoms with Gasteiger partial charge in [-0.25, -0.2) is 4.79 Å². The van der Waals surface area contributed by atoms with E-state index < -0.39 is 5.25 Å². The molecule has 4 rings (SSSR count). The van der Waals surface area contributed by atoms with Gasteiger partial charge >= 0.3 is 6.03 Å². The first-order chi connectivity index (χ1) is 17.5. The predicted octanol–water partition coefficient (Wildman–Crippen LogP) is 7.67. The fraction of sp³-hybridized carbons (Fsp3) is 0.133. The molecule has 4 aromatic rings. The lowest BCUT2D eigenvalue weighted by Crippen LogP contribution is -2.20. The second kappa shape index (κ2) is 12.1. The summed E-state index contributed by atoms with van der Waals surface area (Å²) < 4.78 is 0. The van der Waals surface area contributed by atoms with Gasteiger partial charge in [0.2, 0.25) is 5.91 Å². The molecule has 1 atom stereocenters. The van der Waals surface area contributed by atoms with E-state index in [1.165, 1.54) is 11.8 Å². The minimum absolute atomic E-state index is 0.0698. The van der Waals surface area contributed by atoms with E-state index in [4.69, 9.17) is 0 Å². The minimum atomic E-state index is -0.435. The number of hydrogen-bond acceptors (Lipinski definition) is 3. The highest BCUT2D eigenvalue weighted by molar-refractivity contribution is 8.00. The van der Waals surface area contributed by atoms with Gasteiger partial charge in [-0.2, -0.15) is 0 Å². The molecule has 0 fully saturated rings. The van der Waals surface area contributed by atoms with Crippen LogP contribution in [0.2, 0.25) is 0 Å². The quantitative estimate of drug-likeness (QED) is 0.220. The van der Waals surface area contributed by atoms with Gasteiger partial charge in [0.15, 0.2) is 0 Å². The number of benzene rings is 4. The monoisotopic (exact) mass is 495 g/mol. The van der Waals surface area contributed by atoms with Crippen molar-refractivity contribution in [2.45, 2.75) is 30.4 Å². The summed E-state index contributed by atoms with van der Waals surface area (Å²) in [5.74, 6) is -0.0698. The van der Waals surface area contributed by atoms with Crippen LogP contribution in [0.5, 0.6) is 0 Å². The predicted molar refractivity (Wildman–Crippen MR) is 150 cm³/mol. The molecule has 0 saturated carbocycles. The molecule has 0 aliphatic heterocycles. The summed E-state index contributed by atoms with van der Waals surface area (Å²) in [5, 5.41) is 8.39. The van der Waals surface area contributed by atoms with E-state index in [2.05, 4.69) is 22.9 Å². The van der Waals surface area contributed by atoms with Crippen molar-refractivity contribution < 1.29 is 9.59 Å². The van der Waals surface area contributed by atoms with Crippen molar-refractivity contribution in [3.05, 3.63) is 120 Å². The van der Waals surface area contributed by atoms with Gasteiger partial charge in [-0.3, -0.25) is 4.79 Å². The molecule has 5 nitrogen and oxygen atoms in total. The average molecular weight is 496 g/mol. The van der Waals surface area contributed by atoms with E-state index in [-0.39, 0.29) is 11.9 Å². The zero-order valence-electron chi connectivity index (χ0n) is 20.3. The lowest BCUT2D eigenvalue weighted by atomic mass is 10.1. The minimum Gasteiger partial charge on any atom is -0.324 e. The van der Waals surface area contributed by atoms with E-state index in [1.807, 2.05) is 110 Å². The van der Waals surface area contributed by atoms with Crippen molar-refractivity contribution in [1.29, 1.82) is 0 Å². The smallest absolute Gasteiger partial charge is 0.323 e. The molecule has 0 saturated heterocycles. The maximum absolute atomic E-state index is 13.5. The summed E-state index contributed by atoms with van der Waals surface area (Å²) in [4.78, 5) is 26.7. The molecule has 6 heteroatoms. The highest BCUT2D eigenvalue weighted by atomic mass is 32.2. The van der Waals surface area contributed by atoms with Crippen LogP contribution < -0.4 is 16.0 Å². The molecule has 0 heterocycles. The largest absolute Gasteiger partial charge is 0.324 e. The second-order valence-corrected chi connectivity index (χ2v) is 9.51.